The normalized spacial score (nSPS) is 13.1. The molecule has 0 aromatic rings. The van der Waals surface area contributed by atoms with Crippen molar-refractivity contribution in [3.8, 4) is 0 Å². The number of nitrogens with one attached hydrogen (secondary N) is 1. The highest BCUT2D eigenvalue weighted by molar-refractivity contribution is 5.79. The summed E-state index contributed by atoms with van der Waals surface area (Å²) in [7, 11) is 0. The fraction of sp³-hybridized carbons (Fsp3) is 0.818. The van der Waals surface area contributed by atoms with Gasteiger partial charge in [0.05, 0.1) is 0 Å². The van der Waals surface area contributed by atoms with Gasteiger partial charge in [0.25, 0.3) is 0 Å². The van der Waals surface area contributed by atoms with Gasteiger partial charge >= 0.3 is 5.97 Å². The zero-order valence-corrected chi connectivity index (χ0v) is 10.5. The van der Waals surface area contributed by atoms with E-state index in [1.165, 1.54) is 0 Å². The second-order valence-electron chi connectivity index (χ2n) is 4.63. The van der Waals surface area contributed by atoms with E-state index in [2.05, 4.69) is 5.32 Å². The van der Waals surface area contributed by atoms with Gasteiger partial charge < -0.3 is 15.8 Å². The Hall–Kier alpha value is -1.10. The zero-order valence-electron chi connectivity index (χ0n) is 10.5. The van der Waals surface area contributed by atoms with Crippen LogP contribution in [0.25, 0.3) is 0 Å². The number of amides is 1. The third-order valence-electron chi connectivity index (χ3n) is 1.77. The molecule has 0 aliphatic rings. The van der Waals surface area contributed by atoms with Crippen LogP contribution in [0.5, 0.6) is 0 Å². The molecule has 5 nitrogen and oxygen atoms in total. The van der Waals surface area contributed by atoms with Crippen molar-refractivity contribution in [1.29, 1.82) is 0 Å². The van der Waals surface area contributed by atoms with Crippen molar-refractivity contribution in [2.75, 3.05) is 6.54 Å². The summed E-state index contributed by atoms with van der Waals surface area (Å²) in [4.78, 5) is 22.6. The Morgan fingerprint density at radius 3 is 2.38 bits per heavy atom. The molecule has 94 valence electrons. The number of ether oxygens (including phenoxy) is 1. The monoisotopic (exact) mass is 230 g/mol. The minimum absolute atomic E-state index is 0.0958. The first-order valence-electron chi connectivity index (χ1n) is 5.51. The molecule has 0 heterocycles. The summed E-state index contributed by atoms with van der Waals surface area (Å²) >= 11 is 0. The van der Waals surface area contributed by atoms with Gasteiger partial charge in [-0.25, -0.2) is 0 Å². The van der Waals surface area contributed by atoms with E-state index in [4.69, 9.17) is 10.5 Å². The summed E-state index contributed by atoms with van der Waals surface area (Å²) in [5.74, 6) is -0.557. The SMILES string of the molecule is CCNC(=O)CCC(N)C(=O)OC(C)(C)C. The molecule has 1 atom stereocenters. The Morgan fingerprint density at radius 2 is 1.94 bits per heavy atom. The highest BCUT2D eigenvalue weighted by atomic mass is 16.6. The summed E-state index contributed by atoms with van der Waals surface area (Å²) < 4.78 is 5.10. The number of carbonyl (C=O) groups is 2. The third kappa shape index (κ3) is 7.23. The smallest absolute Gasteiger partial charge is 0.323 e. The van der Waals surface area contributed by atoms with E-state index in [1.807, 2.05) is 6.92 Å². The topological polar surface area (TPSA) is 81.4 Å². The molecular weight excluding hydrogens is 208 g/mol. The van der Waals surface area contributed by atoms with Crippen LogP contribution in [0.1, 0.15) is 40.5 Å². The van der Waals surface area contributed by atoms with Crippen LogP contribution in [0.3, 0.4) is 0 Å². The quantitative estimate of drug-likeness (QED) is 0.677. The lowest BCUT2D eigenvalue weighted by Crippen LogP contribution is -2.38. The molecule has 0 spiro atoms. The number of esters is 1. The molecule has 0 aromatic carbocycles. The molecule has 3 N–H and O–H groups in total. The zero-order chi connectivity index (χ0) is 12.8. The average molecular weight is 230 g/mol. The van der Waals surface area contributed by atoms with Gasteiger partial charge in [-0.05, 0) is 34.1 Å². The van der Waals surface area contributed by atoms with Crippen LogP contribution in [-0.4, -0.2) is 30.1 Å². The molecule has 0 saturated heterocycles. The summed E-state index contributed by atoms with van der Waals surface area (Å²) in [6.45, 7) is 7.76. The Kier molecular flexibility index (Phi) is 6.03. The van der Waals surface area contributed by atoms with Crippen LogP contribution in [-0.2, 0) is 14.3 Å². The fourth-order valence-corrected chi connectivity index (χ4v) is 1.07. The van der Waals surface area contributed by atoms with Crippen LogP contribution in [0.4, 0.5) is 0 Å². The minimum atomic E-state index is -0.734. The van der Waals surface area contributed by atoms with Crippen molar-refractivity contribution in [3.63, 3.8) is 0 Å². The Morgan fingerprint density at radius 1 is 1.38 bits per heavy atom. The second kappa shape index (κ2) is 6.48. The first kappa shape index (κ1) is 14.9. The van der Waals surface area contributed by atoms with Crippen LogP contribution >= 0.6 is 0 Å². The first-order chi connectivity index (χ1) is 7.26. The van der Waals surface area contributed by atoms with Crippen LogP contribution in [0, 0.1) is 0 Å². The van der Waals surface area contributed by atoms with Gasteiger partial charge in [0.15, 0.2) is 0 Å². The average Bonchev–Trinajstić information content (AvgIpc) is 2.11. The number of rotatable bonds is 5. The number of hydrogen-bond acceptors (Lipinski definition) is 4. The van der Waals surface area contributed by atoms with Crippen molar-refractivity contribution in [2.45, 2.75) is 52.2 Å². The van der Waals surface area contributed by atoms with Crippen LogP contribution in [0.2, 0.25) is 0 Å². The first-order valence-corrected chi connectivity index (χ1v) is 5.51. The maximum atomic E-state index is 11.5. The molecule has 0 fully saturated rings. The van der Waals surface area contributed by atoms with Crippen molar-refractivity contribution >= 4 is 11.9 Å². The lowest BCUT2D eigenvalue weighted by molar-refractivity contribution is -0.156. The number of hydrogen-bond donors (Lipinski definition) is 2. The predicted octanol–water partition coefficient (Wildman–Crippen LogP) is 0.572. The highest BCUT2D eigenvalue weighted by Gasteiger charge is 2.22. The van der Waals surface area contributed by atoms with E-state index >= 15 is 0 Å². The van der Waals surface area contributed by atoms with E-state index in [1.54, 1.807) is 20.8 Å². The van der Waals surface area contributed by atoms with Crippen molar-refractivity contribution in [1.82, 2.24) is 5.32 Å². The lowest BCUT2D eigenvalue weighted by Gasteiger charge is -2.22. The Balaban J connectivity index is 3.93. The van der Waals surface area contributed by atoms with Gasteiger partial charge in [-0.2, -0.15) is 0 Å². The second-order valence-corrected chi connectivity index (χ2v) is 4.63. The minimum Gasteiger partial charge on any atom is -0.459 e. The van der Waals surface area contributed by atoms with E-state index in [0.29, 0.717) is 13.0 Å². The van der Waals surface area contributed by atoms with E-state index in [-0.39, 0.29) is 12.3 Å². The Bertz CT molecular complexity index is 246. The van der Waals surface area contributed by atoms with Crippen molar-refractivity contribution < 1.29 is 14.3 Å². The third-order valence-corrected chi connectivity index (χ3v) is 1.77. The van der Waals surface area contributed by atoms with E-state index < -0.39 is 17.6 Å². The van der Waals surface area contributed by atoms with Crippen molar-refractivity contribution in [3.05, 3.63) is 0 Å². The van der Waals surface area contributed by atoms with Gasteiger partial charge in [0, 0.05) is 13.0 Å². The van der Waals surface area contributed by atoms with Gasteiger partial charge in [0.2, 0.25) is 5.91 Å². The standard InChI is InChI=1S/C11H22N2O3/c1-5-13-9(14)7-6-8(12)10(15)16-11(2,3)4/h8H,5-7,12H2,1-4H3,(H,13,14). The molecule has 0 rings (SSSR count). The maximum absolute atomic E-state index is 11.5. The largest absolute Gasteiger partial charge is 0.459 e. The van der Waals surface area contributed by atoms with Gasteiger partial charge in [0.1, 0.15) is 11.6 Å². The summed E-state index contributed by atoms with van der Waals surface area (Å²) in [6.07, 6.45) is 0.551. The molecule has 0 radical (unpaired) electrons. The molecule has 0 aliphatic heterocycles. The lowest BCUT2D eigenvalue weighted by atomic mass is 10.1. The molecule has 0 bridgehead atoms. The predicted molar refractivity (Wildman–Crippen MR) is 61.7 cm³/mol. The van der Waals surface area contributed by atoms with E-state index in [9.17, 15) is 9.59 Å². The van der Waals surface area contributed by atoms with Crippen LogP contribution < -0.4 is 11.1 Å². The van der Waals surface area contributed by atoms with Gasteiger partial charge in [-0.1, -0.05) is 0 Å². The molecule has 0 saturated carbocycles. The molecular formula is C11H22N2O3. The molecule has 0 aliphatic carbocycles. The molecule has 1 unspecified atom stereocenters. The molecule has 1 amide bonds. The number of carbonyl (C=O) groups excluding carboxylic acids is 2. The van der Waals surface area contributed by atoms with E-state index in [0.717, 1.165) is 0 Å². The maximum Gasteiger partial charge on any atom is 0.323 e. The summed E-state index contributed by atoms with van der Waals surface area (Å²) in [6, 6.07) is -0.734. The fourth-order valence-electron chi connectivity index (χ4n) is 1.07. The summed E-state index contributed by atoms with van der Waals surface area (Å²) in [5, 5.41) is 2.64. The Labute approximate surface area is 96.7 Å². The molecule has 16 heavy (non-hydrogen) atoms. The summed E-state index contributed by atoms with van der Waals surface area (Å²) in [5.41, 5.74) is 5.07. The molecule has 5 heteroatoms. The molecule has 0 aromatic heterocycles. The number of nitrogens with two attached hydrogens (primary N) is 1. The van der Waals surface area contributed by atoms with Gasteiger partial charge in [-0.3, -0.25) is 9.59 Å². The van der Waals surface area contributed by atoms with Crippen molar-refractivity contribution in [2.24, 2.45) is 5.73 Å². The highest BCUT2D eigenvalue weighted by Crippen LogP contribution is 2.09. The van der Waals surface area contributed by atoms with Gasteiger partial charge in [-0.15, -0.1) is 0 Å². The van der Waals surface area contributed by atoms with Crippen LogP contribution in [0.15, 0.2) is 0 Å².